The Balaban J connectivity index is 2.73. The molecule has 0 unspecified atom stereocenters. The smallest absolute Gasteiger partial charge is 0.360 e. The summed E-state index contributed by atoms with van der Waals surface area (Å²) in [6.45, 7) is -1.23. The molecule has 0 aromatic carbocycles. The number of hydrogen-bond donors (Lipinski definition) is 1. The number of halogens is 4. The molecule has 0 saturated carbocycles. The average Bonchev–Trinajstić information content (AvgIpc) is 2.14. The molecule has 0 spiro atoms. The van der Waals surface area contributed by atoms with E-state index in [2.05, 4.69) is 9.97 Å². The lowest BCUT2D eigenvalue weighted by Gasteiger charge is -2.08. The summed E-state index contributed by atoms with van der Waals surface area (Å²) < 4.78 is 35.4. The van der Waals surface area contributed by atoms with Crippen LogP contribution >= 0.6 is 11.6 Å². The van der Waals surface area contributed by atoms with Crippen LogP contribution in [-0.2, 0) is 0 Å². The van der Waals surface area contributed by atoms with Crippen LogP contribution in [-0.4, -0.2) is 22.7 Å². The lowest BCUT2D eigenvalue weighted by Crippen LogP contribution is -2.21. The summed E-state index contributed by atoms with van der Waals surface area (Å²) in [7, 11) is 0. The monoisotopic (exact) mass is 236 g/mol. The van der Waals surface area contributed by atoms with Crippen molar-refractivity contribution in [3.8, 4) is 6.07 Å². The molecule has 0 atom stereocenters. The summed E-state index contributed by atoms with van der Waals surface area (Å²) in [6.07, 6.45) is -3.34. The van der Waals surface area contributed by atoms with Crippen LogP contribution in [0.4, 0.5) is 19.0 Å². The van der Waals surface area contributed by atoms with Crippen LogP contribution in [0.2, 0.25) is 5.15 Å². The minimum atomic E-state index is -4.35. The van der Waals surface area contributed by atoms with Gasteiger partial charge in [0.05, 0.1) is 6.20 Å². The van der Waals surface area contributed by atoms with Gasteiger partial charge in [-0.25, -0.2) is 9.97 Å². The molecule has 1 N–H and O–H groups in total. The Kier molecular flexibility index (Phi) is 3.31. The van der Waals surface area contributed by atoms with Crippen molar-refractivity contribution >= 4 is 17.4 Å². The lowest BCUT2D eigenvalue weighted by atomic mass is 10.5. The highest BCUT2D eigenvalue weighted by molar-refractivity contribution is 6.30. The minimum absolute atomic E-state index is 0.128. The number of nitriles is 1. The van der Waals surface area contributed by atoms with E-state index >= 15 is 0 Å². The van der Waals surface area contributed by atoms with Gasteiger partial charge in [-0.15, -0.1) is 0 Å². The van der Waals surface area contributed by atoms with E-state index in [0.29, 0.717) is 0 Å². The van der Waals surface area contributed by atoms with Gasteiger partial charge in [-0.05, 0) is 0 Å². The van der Waals surface area contributed by atoms with Crippen LogP contribution in [0, 0.1) is 11.3 Å². The maximum atomic E-state index is 11.8. The van der Waals surface area contributed by atoms with Crippen molar-refractivity contribution in [2.75, 3.05) is 11.9 Å². The van der Waals surface area contributed by atoms with Crippen LogP contribution in [0.3, 0.4) is 0 Å². The minimum Gasteiger partial charge on any atom is -0.360 e. The predicted octanol–water partition coefficient (Wildman–Crippen LogP) is 1.98. The standard InChI is InChI=1S/C7H4ClF3N4/c8-6-4(1-12)13-2-5(15-6)14-3-7(9,10)11/h2H,3H2,(H,14,15). The number of hydrogen-bond acceptors (Lipinski definition) is 4. The molecule has 1 rings (SSSR count). The first-order valence-corrected chi connectivity index (χ1v) is 4.03. The Hall–Kier alpha value is -1.55. The fraction of sp³-hybridized carbons (Fsp3) is 0.286. The average molecular weight is 237 g/mol. The molecule has 0 radical (unpaired) electrons. The molecule has 15 heavy (non-hydrogen) atoms. The Morgan fingerprint density at radius 3 is 2.67 bits per heavy atom. The van der Waals surface area contributed by atoms with Gasteiger partial charge < -0.3 is 5.32 Å². The Morgan fingerprint density at radius 2 is 2.20 bits per heavy atom. The normalized spacial score (nSPS) is 10.9. The summed E-state index contributed by atoms with van der Waals surface area (Å²) in [5.41, 5.74) is -0.130. The molecule has 0 fully saturated rings. The molecule has 1 aromatic rings. The van der Waals surface area contributed by atoms with Crippen LogP contribution in [0.5, 0.6) is 0 Å². The van der Waals surface area contributed by atoms with Crippen molar-refractivity contribution in [3.05, 3.63) is 17.0 Å². The summed E-state index contributed by atoms with van der Waals surface area (Å²) in [5.74, 6) is -0.128. The zero-order valence-electron chi connectivity index (χ0n) is 7.14. The second-order valence-electron chi connectivity index (χ2n) is 2.48. The van der Waals surface area contributed by atoms with E-state index in [-0.39, 0.29) is 16.7 Å². The third kappa shape index (κ3) is 3.59. The van der Waals surface area contributed by atoms with Crippen LogP contribution < -0.4 is 5.32 Å². The zero-order chi connectivity index (χ0) is 11.5. The molecule has 4 nitrogen and oxygen atoms in total. The highest BCUT2D eigenvalue weighted by Crippen LogP contribution is 2.17. The summed E-state index contributed by atoms with van der Waals surface area (Å²) >= 11 is 5.46. The van der Waals surface area contributed by atoms with E-state index in [0.717, 1.165) is 6.20 Å². The fourth-order valence-corrected chi connectivity index (χ4v) is 0.900. The molecular formula is C7H4ClF3N4. The summed E-state index contributed by atoms with van der Waals surface area (Å²) in [4.78, 5) is 7.03. The van der Waals surface area contributed by atoms with Gasteiger partial charge in [-0.1, -0.05) is 11.6 Å². The fourth-order valence-electron chi connectivity index (χ4n) is 0.717. The molecule has 80 valence electrons. The molecular weight excluding hydrogens is 233 g/mol. The molecule has 8 heteroatoms. The van der Waals surface area contributed by atoms with Crippen LogP contribution in [0.25, 0.3) is 0 Å². The number of aromatic nitrogens is 2. The van der Waals surface area contributed by atoms with E-state index < -0.39 is 12.7 Å². The SMILES string of the molecule is N#Cc1ncc(NCC(F)(F)F)nc1Cl. The maximum Gasteiger partial charge on any atom is 0.405 e. The topological polar surface area (TPSA) is 61.6 Å². The summed E-state index contributed by atoms with van der Waals surface area (Å²) in [5, 5.41) is 10.2. The predicted molar refractivity (Wildman–Crippen MR) is 46.3 cm³/mol. The second-order valence-corrected chi connectivity index (χ2v) is 2.83. The third-order valence-corrected chi connectivity index (χ3v) is 1.57. The quantitative estimate of drug-likeness (QED) is 0.853. The van der Waals surface area contributed by atoms with Crippen LogP contribution in [0.15, 0.2) is 6.20 Å². The first-order chi connectivity index (χ1) is 6.92. The van der Waals surface area contributed by atoms with Gasteiger partial charge in [-0.2, -0.15) is 18.4 Å². The van der Waals surface area contributed by atoms with Gasteiger partial charge in [0.1, 0.15) is 18.4 Å². The van der Waals surface area contributed by atoms with Crippen molar-refractivity contribution in [3.63, 3.8) is 0 Å². The van der Waals surface area contributed by atoms with Gasteiger partial charge in [-0.3, -0.25) is 0 Å². The molecule has 0 saturated heterocycles. The van der Waals surface area contributed by atoms with E-state index in [1.54, 1.807) is 6.07 Å². The first-order valence-electron chi connectivity index (χ1n) is 3.65. The largest absolute Gasteiger partial charge is 0.405 e. The number of nitrogens with one attached hydrogen (secondary N) is 1. The summed E-state index contributed by atoms with van der Waals surface area (Å²) in [6, 6.07) is 1.64. The Labute approximate surface area is 87.7 Å². The Bertz CT molecular complexity index is 398. The number of anilines is 1. The van der Waals surface area contributed by atoms with Gasteiger partial charge in [0, 0.05) is 0 Å². The van der Waals surface area contributed by atoms with E-state index in [1.165, 1.54) is 0 Å². The van der Waals surface area contributed by atoms with E-state index in [1.807, 2.05) is 5.32 Å². The van der Waals surface area contributed by atoms with Crippen molar-refractivity contribution in [2.24, 2.45) is 0 Å². The molecule has 0 aliphatic rings. The molecule has 0 aliphatic carbocycles. The Morgan fingerprint density at radius 1 is 1.53 bits per heavy atom. The molecule has 1 heterocycles. The van der Waals surface area contributed by atoms with Gasteiger partial charge in [0.2, 0.25) is 0 Å². The molecule has 0 amide bonds. The lowest BCUT2D eigenvalue weighted by molar-refractivity contribution is -0.115. The van der Waals surface area contributed by atoms with Crippen molar-refractivity contribution in [1.82, 2.24) is 9.97 Å². The van der Waals surface area contributed by atoms with E-state index in [4.69, 9.17) is 16.9 Å². The zero-order valence-corrected chi connectivity index (χ0v) is 7.89. The van der Waals surface area contributed by atoms with Crippen LogP contribution in [0.1, 0.15) is 5.69 Å². The highest BCUT2D eigenvalue weighted by Gasteiger charge is 2.26. The van der Waals surface area contributed by atoms with Crippen molar-refractivity contribution < 1.29 is 13.2 Å². The third-order valence-electron chi connectivity index (χ3n) is 1.31. The van der Waals surface area contributed by atoms with Crippen molar-refractivity contribution in [1.29, 1.82) is 5.26 Å². The van der Waals surface area contributed by atoms with Gasteiger partial charge in [0.25, 0.3) is 0 Å². The number of rotatable bonds is 2. The highest BCUT2D eigenvalue weighted by atomic mass is 35.5. The first kappa shape index (κ1) is 11.5. The number of alkyl halides is 3. The van der Waals surface area contributed by atoms with Gasteiger partial charge in [0.15, 0.2) is 10.8 Å². The van der Waals surface area contributed by atoms with Crippen molar-refractivity contribution in [2.45, 2.75) is 6.18 Å². The van der Waals surface area contributed by atoms with E-state index in [9.17, 15) is 13.2 Å². The molecule has 1 aromatic heterocycles. The number of nitrogens with zero attached hydrogens (tertiary/aromatic N) is 3. The second kappa shape index (κ2) is 4.31. The maximum absolute atomic E-state index is 11.8. The van der Waals surface area contributed by atoms with Gasteiger partial charge >= 0.3 is 6.18 Å². The molecule has 0 aliphatic heterocycles. The molecule has 0 bridgehead atoms.